The first kappa shape index (κ1) is 30.9. The zero-order chi connectivity index (χ0) is 29.0. The van der Waals surface area contributed by atoms with Crippen molar-refractivity contribution in [3.8, 4) is 0 Å². The molecule has 4 aromatic rings. The average molecular weight is 587 g/mol. The maximum atomic E-state index is 5.57. The number of aliphatic imine (C=N–C) groups is 2. The zero-order valence-corrected chi connectivity index (χ0v) is 27.3. The number of hydrogen-bond donors (Lipinski definition) is 0. The fourth-order valence-corrected chi connectivity index (χ4v) is 5.82. The zero-order valence-electron chi connectivity index (χ0n) is 26.3. The van der Waals surface area contributed by atoms with Crippen molar-refractivity contribution >= 4 is 33.6 Å². The van der Waals surface area contributed by atoms with Gasteiger partial charge in [0, 0.05) is 33.0 Å². The van der Waals surface area contributed by atoms with Gasteiger partial charge in [-0.2, -0.15) is 0 Å². The number of para-hydroxylation sites is 1. The van der Waals surface area contributed by atoms with Crippen LogP contribution in [0, 0.1) is 0 Å². The molecule has 4 aromatic carbocycles. The third-order valence-electron chi connectivity index (χ3n) is 8.11. The molecule has 0 heterocycles. The van der Waals surface area contributed by atoms with Gasteiger partial charge in [0.1, 0.15) is 0 Å². The van der Waals surface area contributed by atoms with E-state index in [0.717, 1.165) is 22.8 Å². The van der Waals surface area contributed by atoms with E-state index in [1.54, 1.807) is 0 Å². The summed E-state index contributed by atoms with van der Waals surface area (Å²) in [5.74, 6) is 0.739. The van der Waals surface area contributed by atoms with Crippen molar-refractivity contribution in [1.29, 1.82) is 0 Å². The Morgan fingerprint density at radius 1 is 0.585 bits per heavy atom. The van der Waals surface area contributed by atoms with Gasteiger partial charge in [0.15, 0.2) is 0 Å². The van der Waals surface area contributed by atoms with E-state index in [1.165, 1.54) is 44.2 Å². The van der Waals surface area contributed by atoms with E-state index in [4.69, 9.17) is 9.98 Å². The quantitative estimate of drug-likeness (QED) is 0.212. The second-order valence-corrected chi connectivity index (χ2v) is 14.0. The molecule has 0 unspecified atom stereocenters. The summed E-state index contributed by atoms with van der Waals surface area (Å²) in [6, 6.07) is 26.6. The van der Waals surface area contributed by atoms with Crippen molar-refractivity contribution in [3.05, 3.63) is 106 Å². The van der Waals surface area contributed by atoms with Gasteiger partial charge >= 0.3 is 0 Å². The van der Waals surface area contributed by atoms with Crippen molar-refractivity contribution in [2.45, 2.75) is 91.9 Å². The topological polar surface area (TPSA) is 24.7 Å². The molecular weight excluding hydrogens is 543 g/mol. The van der Waals surface area contributed by atoms with E-state index >= 15 is 0 Å². The van der Waals surface area contributed by atoms with Crippen LogP contribution in [-0.2, 0) is 27.3 Å². The molecular formula is C38H44N2Ni. The minimum absolute atomic E-state index is 0. The number of hydrogen-bond acceptors (Lipinski definition) is 2. The first-order valence-corrected chi connectivity index (χ1v) is 14.8. The van der Waals surface area contributed by atoms with Crippen LogP contribution in [0.15, 0.2) is 82.8 Å². The van der Waals surface area contributed by atoms with Gasteiger partial charge in [-0.05, 0) is 56.4 Å². The Morgan fingerprint density at radius 2 is 1.10 bits per heavy atom. The van der Waals surface area contributed by atoms with E-state index in [1.807, 2.05) is 0 Å². The van der Waals surface area contributed by atoms with Gasteiger partial charge in [0.2, 0.25) is 0 Å². The molecule has 0 atom stereocenters. The monoisotopic (exact) mass is 586 g/mol. The predicted octanol–water partition coefficient (Wildman–Crippen LogP) is 10.9. The van der Waals surface area contributed by atoms with Crippen LogP contribution >= 0.6 is 0 Å². The summed E-state index contributed by atoms with van der Waals surface area (Å²) in [5, 5.41) is 2.48. The molecule has 0 aliphatic heterocycles. The van der Waals surface area contributed by atoms with Crippen LogP contribution < -0.4 is 0 Å². The fraction of sp³-hybridized carbons (Fsp3) is 0.368. The van der Waals surface area contributed by atoms with Crippen molar-refractivity contribution in [2.24, 2.45) is 9.98 Å². The van der Waals surface area contributed by atoms with E-state index < -0.39 is 0 Å². The van der Waals surface area contributed by atoms with Crippen LogP contribution in [0.5, 0.6) is 0 Å². The summed E-state index contributed by atoms with van der Waals surface area (Å²) >= 11 is 0. The molecule has 2 nitrogen and oxygen atoms in total. The molecule has 1 aliphatic carbocycles. The first-order chi connectivity index (χ1) is 18.8. The Bertz CT molecular complexity index is 1620. The first-order valence-electron chi connectivity index (χ1n) is 14.8. The third kappa shape index (κ3) is 5.84. The van der Waals surface area contributed by atoms with Gasteiger partial charge in [0.25, 0.3) is 0 Å². The van der Waals surface area contributed by atoms with E-state index in [-0.39, 0.29) is 27.3 Å². The fourth-order valence-electron chi connectivity index (χ4n) is 5.82. The van der Waals surface area contributed by atoms with Gasteiger partial charge in [-0.3, -0.25) is 0 Å². The van der Waals surface area contributed by atoms with Crippen molar-refractivity contribution in [2.75, 3.05) is 0 Å². The van der Waals surface area contributed by atoms with E-state index in [0.29, 0.717) is 11.8 Å². The van der Waals surface area contributed by atoms with Crippen LogP contribution in [0.1, 0.15) is 114 Å². The molecule has 0 saturated carbocycles. The van der Waals surface area contributed by atoms with Crippen molar-refractivity contribution in [3.63, 3.8) is 0 Å². The molecule has 216 valence electrons. The standard InChI is InChI=1S/C38H44N2.Ni/c1-23(2)27-16-13-17-28(24(3)4)34(27)40-36-30-19-12-15-25-14-11-18-29(33(25)30)35(36)39-32-22-26(37(5,6)7)20-21-31(32)38(8,9)10;/h11-24H,1-10H3;. The summed E-state index contributed by atoms with van der Waals surface area (Å²) in [4.78, 5) is 11.1. The Balaban J connectivity index is 0.00000387. The van der Waals surface area contributed by atoms with Gasteiger partial charge in [-0.1, -0.05) is 136 Å². The second-order valence-electron chi connectivity index (χ2n) is 14.0. The predicted molar refractivity (Wildman–Crippen MR) is 175 cm³/mol. The van der Waals surface area contributed by atoms with E-state index in [9.17, 15) is 0 Å². The molecule has 5 rings (SSSR count). The number of nitrogens with zero attached hydrogens (tertiary/aromatic N) is 2. The van der Waals surface area contributed by atoms with Gasteiger partial charge in [-0.15, -0.1) is 0 Å². The molecule has 0 bridgehead atoms. The van der Waals surface area contributed by atoms with Crippen molar-refractivity contribution < 1.29 is 16.5 Å². The number of rotatable bonds is 4. The van der Waals surface area contributed by atoms with Gasteiger partial charge in [0.05, 0.1) is 22.8 Å². The molecule has 1 aliphatic rings. The van der Waals surface area contributed by atoms with Crippen LogP contribution in [0.25, 0.3) is 10.8 Å². The maximum absolute atomic E-state index is 5.57. The van der Waals surface area contributed by atoms with Crippen LogP contribution in [0.4, 0.5) is 11.4 Å². The Hall–Kier alpha value is -3.03. The second kappa shape index (κ2) is 11.3. The summed E-state index contributed by atoms with van der Waals surface area (Å²) in [6.07, 6.45) is 0. The Kier molecular flexibility index (Phi) is 8.55. The Morgan fingerprint density at radius 3 is 1.59 bits per heavy atom. The molecule has 0 aromatic heterocycles. The largest absolute Gasteiger partial charge is 0.246 e. The number of benzene rings is 4. The van der Waals surface area contributed by atoms with Crippen molar-refractivity contribution in [1.82, 2.24) is 0 Å². The SMILES string of the molecule is CC(C)c1cccc(C(C)C)c1N=C1C(=Nc2cc(C(C)(C)C)ccc2C(C)(C)C)c2cccc3cccc1c23.[Ni]. The minimum Gasteiger partial charge on any atom is -0.246 e. The molecule has 0 spiro atoms. The molecule has 0 amide bonds. The van der Waals surface area contributed by atoms with Gasteiger partial charge in [-0.25, -0.2) is 9.98 Å². The summed E-state index contributed by atoms with van der Waals surface area (Å²) < 4.78 is 0. The normalized spacial score (nSPS) is 15.4. The molecule has 0 radical (unpaired) electrons. The smallest absolute Gasteiger partial charge is 0.0979 e. The van der Waals surface area contributed by atoms with Crippen LogP contribution in [0.3, 0.4) is 0 Å². The summed E-state index contributed by atoms with van der Waals surface area (Å²) in [6.45, 7) is 22.7. The molecule has 0 fully saturated rings. The van der Waals surface area contributed by atoms with E-state index in [2.05, 4.69) is 142 Å². The van der Waals surface area contributed by atoms with Gasteiger partial charge < -0.3 is 0 Å². The maximum Gasteiger partial charge on any atom is 0.0979 e. The Labute approximate surface area is 257 Å². The van der Waals surface area contributed by atoms with Crippen LogP contribution in [0.2, 0.25) is 0 Å². The summed E-state index contributed by atoms with van der Waals surface area (Å²) in [7, 11) is 0. The minimum atomic E-state index is -0.0420. The summed E-state index contributed by atoms with van der Waals surface area (Å²) in [5.41, 5.74) is 11.5. The average Bonchev–Trinajstić information content (AvgIpc) is 3.16. The van der Waals surface area contributed by atoms with Crippen LogP contribution in [-0.4, -0.2) is 11.4 Å². The third-order valence-corrected chi connectivity index (χ3v) is 8.11. The molecule has 0 saturated heterocycles. The molecule has 0 N–H and O–H groups in total. The molecule has 3 heteroatoms. The molecule has 41 heavy (non-hydrogen) atoms.